The van der Waals surface area contributed by atoms with Gasteiger partial charge in [0.2, 0.25) is 10.7 Å². The average molecular weight is 439 g/mol. The van der Waals surface area contributed by atoms with Crippen molar-refractivity contribution in [3.8, 4) is 34.4 Å². The summed E-state index contributed by atoms with van der Waals surface area (Å²) in [7, 11) is 4.62. The van der Waals surface area contributed by atoms with Crippen molar-refractivity contribution in [2.45, 2.75) is 6.92 Å². The molecule has 31 heavy (non-hydrogen) atoms. The number of rotatable bonds is 7. The molecule has 0 atom stereocenters. The van der Waals surface area contributed by atoms with Gasteiger partial charge >= 0.3 is 0 Å². The first-order valence-electron chi connectivity index (χ1n) is 9.53. The number of ether oxygens (including phenoxy) is 4. The number of nitrogens with zero attached hydrogens (tertiary/aromatic N) is 3. The van der Waals surface area contributed by atoms with Gasteiger partial charge in [-0.05, 0) is 31.2 Å². The quantitative estimate of drug-likeness (QED) is 0.438. The maximum Gasteiger partial charge on any atom is 0.291 e. The summed E-state index contributed by atoms with van der Waals surface area (Å²) in [6.45, 7) is 2.46. The van der Waals surface area contributed by atoms with Crippen molar-refractivity contribution in [3.05, 3.63) is 56.8 Å². The summed E-state index contributed by atoms with van der Waals surface area (Å²) in [4.78, 5) is 18.0. The van der Waals surface area contributed by atoms with Gasteiger partial charge in [-0.15, -0.1) is 5.10 Å². The predicted molar refractivity (Wildman–Crippen MR) is 119 cm³/mol. The SMILES string of the molecule is CCOc1ccccc1/C=c1\sc2nc(-c3cc(OC)c(OC)c(OC)c3)nn2c1=O. The van der Waals surface area contributed by atoms with Crippen molar-refractivity contribution in [2.75, 3.05) is 27.9 Å². The van der Waals surface area contributed by atoms with Crippen LogP contribution in [0.2, 0.25) is 0 Å². The molecule has 0 saturated carbocycles. The number of fused-ring (bicyclic) bond motifs is 1. The van der Waals surface area contributed by atoms with Crippen LogP contribution in [0.3, 0.4) is 0 Å². The lowest BCUT2D eigenvalue weighted by Gasteiger charge is -2.12. The van der Waals surface area contributed by atoms with E-state index in [9.17, 15) is 4.79 Å². The third kappa shape index (κ3) is 3.79. The Kier molecular flexibility index (Phi) is 5.77. The Labute approximate surface area is 182 Å². The minimum absolute atomic E-state index is 0.238. The van der Waals surface area contributed by atoms with Crippen LogP contribution in [0.15, 0.2) is 41.2 Å². The zero-order valence-electron chi connectivity index (χ0n) is 17.5. The summed E-state index contributed by atoms with van der Waals surface area (Å²) >= 11 is 1.27. The molecule has 8 nitrogen and oxygen atoms in total. The number of aromatic nitrogens is 3. The first-order valence-corrected chi connectivity index (χ1v) is 10.3. The summed E-state index contributed by atoms with van der Waals surface area (Å²) in [6, 6.07) is 11.1. The Balaban J connectivity index is 1.80. The lowest BCUT2D eigenvalue weighted by Crippen LogP contribution is -2.23. The molecule has 0 N–H and O–H groups in total. The number of thiazole rings is 1. The number of hydrogen-bond donors (Lipinski definition) is 0. The van der Waals surface area contributed by atoms with Crippen molar-refractivity contribution < 1.29 is 18.9 Å². The summed E-state index contributed by atoms with van der Waals surface area (Å²) in [5.74, 6) is 2.56. The number of methoxy groups -OCH3 is 3. The normalized spacial score (nSPS) is 11.7. The lowest BCUT2D eigenvalue weighted by atomic mass is 10.1. The predicted octanol–water partition coefficient (Wildman–Crippen LogP) is 2.79. The van der Waals surface area contributed by atoms with Crippen molar-refractivity contribution in [1.29, 1.82) is 0 Å². The summed E-state index contributed by atoms with van der Waals surface area (Å²) in [5, 5.41) is 4.41. The molecule has 160 valence electrons. The Bertz CT molecular complexity index is 1320. The van der Waals surface area contributed by atoms with Crippen LogP contribution in [-0.2, 0) is 0 Å². The molecular formula is C22H21N3O5S. The van der Waals surface area contributed by atoms with Gasteiger partial charge in [0.05, 0.1) is 32.5 Å². The number of hydrogen-bond acceptors (Lipinski definition) is 8. The maximum atomic E-state index is 12.9. The van der Waals surface area contributed by atoms with E-state index < -0.39 is 0 Å². The zero-order chi connectivity index (χ0) is 22.0. The molecule has 0 unspecified atom stereocenters. The van der Waals surface area contributed by atoms with Gasteiger partial charge in [-0.2, -0.15) is 9.50 Å². The van der Waals surface area contributed by atoms with E-state index in [-0.39, 0.29) is 5.56 Å². The summed E-state index contributed by atoms with van der Waals surface area (Å²) in [6.07, 6.45) is 1.80. The number of para-hydroxylation sites is 1. The lowest BCUT2D eigenvalue weighted by molar-refractivity contribution is 0.324. The van der Waals surface area contributed by atoms with Gasteiger partial charge in [-0.25, -0.2) is 0 Å². The Morgan fingerprint density at radius 3 is 2.35 bits per heavy atom. The van der Waals surface area contributed by atoms with Gasteiger partial charge in [0.1, 0.15) is 5.75 Å². The summed E-state index contributed by atoms with van der Waals surface area (Å²) < 4.78 is 23.6. The molecule has 4 aromatic rings. The highest BCUT2D eigenvalue weighted by Gasteiger charge is 2.18. The Morgan fingerprint density at radius 1 is 1.03 bits per heavy atom. The van der Waals surface area contributed by atoms with Crippen molar-refractivity contribution >= 4 is 22.4 Å². The van der Waals surface area contributed by atoms with E-state index in [2.05, 4.69) is 10.1 Å². The average Bonchev–Trinajstić information content (AvgIpc) is 3.33. The molecule has 2 heterocycles. The molecule has 0 bridgehead atoms. The maximum absolute atomic E-state index is 12.9. The molecule has 0 amide bonds. The van der Waals surface area contributed by atoms with Gasteiger partial charge in [-0.1, -0.05) is 29.5 Å². The zero-order valence-corrected chi connectivity index (χ0v) is 18.4. The molecule has 0 aliphatic rings. The molecule has 2 aromatic heterocycles. The minimum atomic E-state index is -0.238. The largest absolute Gasteiger partial charge is 0.493 e. The van der Waals surface area contributed by atoms with Crippen LogP contribution in [0.1, 0.15) is 12.5 Å². The number of benzene rings is 2. The molecule has 0 saturated heterocycles. The van der Waals surface area contributed by atoms with Gasteiger partial charge in [0.25, 0.3) is 5.56 Å². The topological polar surface area (TPSA) is 84.2 Å². The highest BCUT2D eigenvalue weighted by atomic mass is 32.1. The van der Waals surface area contributed by atoms with E-state index in [1.54, 1.807) is 18.2 Å². The van der Waals surface area contributed by atoms with E-state index >= 15 is 0 Å². The molecule has 0 aliphatic carbocycles. The van der Waals surface area contributed by atoms with Crippen LogP contribution in [0.5, 0.6) is 23.0 Å². The third-order valence-electron chi connectivity index (χ3n) is 4.61. The van der Waals surface area contributed by atoms with Gasteiger partial charge < -0.3 is 18.9 Å². The molecule has 0 fully saturated rings. The van der Waals surface area contributed by atoms with Crippen LogP contribution >= 0.6 is 11.3 Å². The van der Waals surface area contributed by atoms with Crippen molar-refractivity contribution in [2.24, 2.45) is 0 Å². The fourth-order valence-electron chi connectivity index (χ4n) is 3.19. The van der Waals surface area contributed by atoms with Gasteiger partial charge in [0, 0.05) is 11.1 Å². The van der Waals surface area contributed by atoms with E-state index in [0.717, 1.165) is 11.3 Å². The van der Waals surface area contributed by atoms with Gasteiger partial charge in [-0.3, -0.25) is 4.79 Å². The second-order valence-electron chi connectivity index (χ2n) is 6.43. The van der Waals surface area contributed by atoms with E-state index in [1.165, 1.54) is 37.2 Å². The third-order valence-corrected chi connectivity index (χ3v) is 5.57. The molecular weight excluding hydrogens is 418 g/mol. The molecule has 0 aliphatic heterocycles. The minimum Gasteiger partial charge on any atom is -0.493 e. The van der Waals surface area contributed by atoms with Crippen LogP contribution < -0.4 is 29.0 Å². The fraction of sp³-hybridized carbons (Fsp3) is 0.227. The molecule has 2 aromatic carbocycles. The van der Waals surface area contributed by atoms with E-state index in [1.807, 2.05) is 31.2 Å². The van der Waals surface area contributed by atoms with Crippen LogP contribution in [0, 0.1) is 0 Å². The molecule has 9 heteroatoms. The Morgan fingerprint density at radius 2 is 1.74 bits per heavy atom. The van der Waals surface area contributed by atoms with E-state index in [4.69, 9.17) is 18.9 Å². The van der Waals surface area contributed by atoms with Gasteiger partial charge in [0.15, 0.2) is 17.3 Å². The Hall–Kier alpha value is -3.59. The first-order chi connectivity index (χ1) is 15.1. The fourth-order valence-corrected chi connectivity index (χ4v) is 4.09. The standard InChI is InChI=1S/C22H21N3O5S/c1-5-30-15-9-7-6-8-13(15)12-18-21(26)25-22(31-18)23-20(24-25)14-10-16(27-2)19(29-4)17(11-14)28-3/h6-12H,5H2,1-4H3/b18-12-. The monoisotopic (exact) mass is 439 g/mol. The van der Waals surface area contributed by atoms with Crippen molar-refractivity contribution in [3.63, 3.8) is 0 Å². The molecule has 0 radical (unpaired) electrons. The smallest absolute Gasteiger partial charge is 0.291 e. The second kappa shape index (κ2) is 8.65. The highest BCUT2D eigenvalue weighted by Crippen LogP contribution is 2.40. The van der Waals surface area contributed by atoms with Crippen LogP contribution in [-0.4, -0.2) is 42.5 Å². The summed E-state index contributed by atoms with van der Waals surface area (Å²) in [5.41, 5.74) is 1.24. The van der Waals surface area contributed by atoms with Crippen LogP contribution in [0.25, 0.3) is 22.4 Å². The molecule has 0 spiro atoms. The van der Waals surface area contributed by atoms with Crippen molar-refractivity contribution in [1.82, 2.24) is 14.6 Å². The second-order valence-corrected chi connectivity index (χ2v) is 7.44. The van der Waals surface area contributed by atoms with E-state index in [0.29, 0.717) is 44.7 Å². The highest BCUT2D eigenvalue weighted by molar-refractivity contribution is 7.15. The van der Waals surface area contributed by atoms with Crippen LogP contribution in [0.4, 0.5) is 0 Å². The molecule has 4 rings (SSSR count). The first kappa shape index (κ1) is 20.7.